The third-order valence-corrected chi connectivity index (χ3v) is 2.62. The van der Waals surface area contributed by atoms with Gasteiger partial charge in [-0.3, -0.25) is 4.79 Å². The Kier molecular flexibility index (Phi) is 1.49. The number of nitrogens with zero attached hydrogens (tertiary/aromatic N) is 1. The molecule has 1 unspecified atom stereocenters. The summed E-state index contributed by atoms with van der Waals surface area (Å²) in [7, 11) is 0. The van der Waals surface area contributed by atoms with Crippen LogP contribution >= 0.6 is 0 Å². The molecule has 0 aliphatic heterocycles. The molecule has 1 aromatic rings. The van der Waals surface area contributed by atoms with Gasteiger partial charge >= 0.3 is 0 Å². The van der Waals surface area contributed by atoms with E-state index in [1.807, 2.05) is 0 Å². The van der Waals surface area contributed by atoms with Crippen molar-refractivity contribution in [1.82, 2.24) is 9.97 Å². The van der Waals surface area contributed by atoms with Crippen LogP contribution in [0.4, 0.5) is 5.82 Å². The van der Waals surface area contributed by atoms with Crippen LogP contribution in [0.15, 0.2) is 10.9 Å². The highest BCUT2D eigenvalue weighted by atomic mass is 16.1. The van der Waals surface area contributed by atoms with Crippen LogP contribution in [0.5, 0.6) is 0 Å². The molecule has 0 radical (unpaired) electrons. The molecule has 1 fully saturated rings. The van der Waals surface area contributed by atoms with Crippen LogP contribution in [0.3, 0.4) is 0 Å². The summed E-state index contributed by atoms with van der Waals surface area (Å²) in [5.74, 6) is 1.40. The Morgan fingerprint density at radius 2 is 2.31 bits per heavy atom. The quantitative estimate of drug-likeness (QED) is 0.671. The first-order valence-electron chi connectivity index (χ1n) is 4.36. The standard InChI is InChI=1S/C9H13N3O/c1-9(2)4-5(9)8-11-6(10)3-7(13)12-8/h3,5H,4H2,1-2H3,(H3,10,11,12,13). The van der Waals surface area contributed by atoms with Gasteiger partial charge in [-0.15, -0.1) is 0 Å². The van der Waals surface area contributed by atoms with Crippen molar-refractivity contribution in [2.75, 3.05) is 5.73 Å². The summed E-state index contributed by atoms with van der Waals surface area (Å²) in [5.41, 5.74) is 5.59. The molecule has 1 aliphatic rings. The van der Waals surface area contributed by atoms with Crippen molar-refractivity contribution >= 4 is 5.82 Å². The molecule has 0 spiro atoms. The van der Waals surface area contributed by atoms with Gasteiger partial charge in [0.15, 0.2) is 0 Å². The Hall–Kier alpha value is -1.32. The Morgan fingerprint density at radius 3 is 2.77 bits per heavy atom. The molecule has 2 rings (SSSR count). The molecule has 1 atom stereocenters. The first-order chi connectivity index (χ1) is 5.99. The maximum Gasteiger partial charge on any atom is 0.252 e. The van der Waals surface area contributed by atoms with Crippen LogP contribution in [-0.4, -0.2) is 9.97 Å². The van der Waals surface area contributed by atoms with E-state index in [-0.39, 0.29) is 11.0 Å². The lowest BCUT2D eigenvalue weighted by Crippen LogP contribution is -2.12. The highest BCUT2D eigenvalue weighted by molar-refractivity contribution is 5.28. The third-order valence-electron chi connectivity index (χ3n) is 2.62. The second kappa shape index (κ2) is 2.34. The summed E-state index contributed by atoms with van der Waals surface area (Å²) in [4.78, 5) is 17.9. The average molecular weight is 179 g/mol. The van der Waals surface area contributed by atoms with Gasteiger partial charge in [0.2, 0.25) is 0 Å². The topological polar surface area (TPSA) is 71.8 Å². The minimum atomic E-state index is -0.162. The number of hydrogen-bond donors (Lipinski definition) is 2. The van der Waals surface area contributed by atoms with Gasteiger partial charge < -0.3 is 10.7 Å². The van der Waals surface area contributed by atoms with E-state index in [1.54, 1.807) is 0 Å². The molecule has 4 heteroatoms. The van der Waals surface area contributed by atoms with Crippen LogP contribution in [0.25, 0.3) is 0 Å². The number of aromatic amines is 1. The number of nitrogen functional groups attached to an aromatic ring is 1. The molecule has 1 aromatic heterocycles. The zero-order chi connectivity index (χ0) is 9.64. The van der Waals surface area contributed by atoms with Crippen molar-refractivity contribution in [2.24, 2.45) is 5.41 Å². The number of anilines is 1. The second-order valence-electron chi connectivity index (χ2n) is 4.30. The number of nitrogens with two attached hydrogens (primary N) is 1. The molecule has 4 nitrogen and oxygen atoms in total. The van der Waals surface area contributed by atoms with E-state index in [9.17, 15) is 4.79 Å². The summed E-state index contributed by atoms with van der Waals surface area (Å²) in [6.45, 7) is 4.31. The van der Waals surface area contributed by atoms with Crippen LogP contribution in [-0.2, 0) is 0 Å². The summed E-state index contributed by atoms with van der Waals surface area (Å²) in [6, 6.07) is 1.30. The van der Waals surface area contributed by atoms with Crippen LogP contribution in [0.2, 0.25) is 0 Å². The molecule has 1 aliphatic carbocycles. The largest absolute Gasteiger partial charge is 0.383 e. The molecule has 0 saturated heterocycles. The highest BCUT2D eigenvalue weighted by Crippen LogP contribution is 2.57. The minimum Gasteiger partial charge on any atom is -0.383 e. The average Bonchev–Trinajstić information content (AvgIpc) is 2.57. The SMILES string of the molecule is CC1(C)CC1c1nc(N)cc(=O)[nH]1. The zero-order valence-electron chi connectivity index (χ0n) is 7.79. The van der Waals surface area contributed by atoms with Crippen LogP contribution in [0.1, 0.15) is 32.0 Å². The lowest BCUT2D eigenvalue weighted by atomic mass is 10.1. The Labute approximate surface area is 76.2 Å². The van der Waals surface area contributed by atoms with Crippen molar-refractivity contribution in [3.63, 3.8) is 0 Å². The van der Waals surface area contributed by atoms with E-state index < -0.39 is 0 Å². The van der Waals surface area contributed by atoms with Gasteiger partial charge in [-0.2, -0.15) is 0 Å². The number of rotatable bonds is 1. The van der Waals surface area contributed by atoms with E-state index in [4.69, 9.17) is 5.73 Å². The van der Waals surface area contributed by atoms with Gasteiger partial charge in [-0.1, -0.05) is 13.8 Å². The molecule has 0 amide bonds. The number of H-pyrrole nitrogens is 1. The number of aromatic nitrogens is 2. The highest BCUT2D eigenvalue weighted by Gasteiger charge is 2.48. The van der Waals surface area contributed by atoms with Gasteiger partial charge in [0.1, 0.15) is 11.6 Å². The van der Waals surface area contributed by atoms with Crippen molar-refractivity contribution in [3.05, 3.63) is 22.2 Å². The number of hydrogen-bond acceptors (Lipinski definition) is 3. The van der Waals surface area contributed by atoms with E-state index in [0.717, 1.165) is 12.2 Å². The molecule has 0 bridgehead atoms. The molecule has 1 heterocycles. The Morgan fingerprint density at radius 1 is 1.69 bits per heavy atom. The van der Waals surface area contributed by atoms with E-state index in [0.29, 0.717) is 11.7 Å². The predicted octanol–water partition coefficient (Wildman–Crippen LogP) is 0.866. The lowest BCUT2D eigenvalue weighted by molar-refractivity contribution is 0.608. The fourth-order valence-corrected chi connectivity index (χ4v) is 1.59. The first kappa shape index (κ1) is 8.29. The molecule has 3 N–H and O–H groups in total. The molecule has 1 saturated carbocycles. The molecule has 13 heavy (non-hydrogen) atoms. The fourth-order valence-electron chi connectivity index (χ4n) is 1.59. The van der Waals surface area contributed by atoms with Crippen molar-refractivity contribution < 1.29 is 0 Å². The van der Waals surface area contributed by atoms with E-state index in [2.05, 4.69) is 23.8 Å². The summed E-state index contributed by atoms with van der Waals surface area (Å²) in [5, 5.41) is 0. The maximum absolute atomic E-state index is 11.1. The third kappa shape index (κ3) is 1.43. The van der Waals surface area contributed by atoms with Crippen LogP contribution < -0.4 is 11.3 Å². The normalized spacial score (nSPS) is 24.3. The summed E-state index contributed by atoms with van der Waals surface area (Å²) in [6.07, 6.45) is 1.07. The molecular weight excluding hydrogens is 166 g/mol. The Bertz CT molecular complexity index is 394. The van der Waals surface area contributed by atoms with Gasteiger partial charge in [-0.05, 0) is 11.8 Å². The summed E-state index contributed by atoms with van der Waals surface area (Å²) < 4.78 is 0. The van der Waals surface area contributed by atoms with Crippen molar-refractivity contribution in [2.45, 2.75) is 26.2 Å². The molecular formula is C9H13N3O. The Balaban J connectivity index is 2.38. The van der Waals surface area contributed by atoms with Crippen molar-refractivity contribution in [3.8, 4) is 0 Å². The van der Waals surface area contributed by atoms with E-state index >= 15 is 0 Å². The minimum absolute atomic E-state index is 0.162. The number of nitrogens with one attached hydrogen (secondary N) is 1. The van der Waals surface area contributed by atoms with Gasteiger partial charge in [0.25, 0.3) is 5.56 Å². The second-order valence-corrected chi connectivity index (χ2v) is 4.30. The fraction of sp³-hybridized carbons (Fsp3) is 0.556. The molecule has 0 aromatic carbocycles. The lowest BCUT2D eigenvalue weighted by Gasteiger charge is -2.02. The monoisotopic (exact) mass is 179 g/mol. The van der Waals surface area contributed by atoms with Gasteiger partial charge in [0.05, 0.1) is 0 Å². The van der Waals surface area contributed by atoms with Gasteiger partial charge in [-0.25, -0.2) is 4.98 Å². The maximum atomic E-state index is 11.1. The van der Waals surface area contributed by atoms with E-state index in [1.165, 1.54) is 6.07 Å². The summed E-state index contributed by atoms with van der Waals surface area (Å²) >= 11 is 0. The van der Waals surface area contributed by atoms with Crippen LogP contribution in [0, 0.1) is 5.41 Å². The van der Waals surface area contributed by atoms with Gasteiger partial charge in [0, 0.05) is 12.0 Å². The van der Waals surface area contributed by atoms with Crippen molar-refractivity contribution in [1.29, 1.82) is 0 Å². The molecule has 70 valence electrons. The first-order valence-corrected chi connectivity index (χ1v) is 4.36. The zero-order valence-corrected chi connectivity index (χ0v) is 7.79. The smallest absolute Gasteiger partial charge is 0.252 e. The predicted molar refractivity (Wildman–Crippen MR) is 50.4 cm³/mol.